The molecule has 0 saturated heterocycles. The Kier molecular flexibility index (Phi) is 3.85. The lowest BCUT2D eigenvalue weighted by Crippen LogP contribution is -2.34. The Hall–Kier alpha value is -4.26. The van der Waals surface area contributed by atoms with Gasteiger partial charge in [0.1, 0.15) is 23.0 Å². The molecule has 3 aromatic rings. The van der Waals surface area contributed by atoms with Gasteiger partial charge in [-0.05, 0) is 42.8 Å². The standard InChI is InChI=1S/C24H17NO6/c1-12(22(25)28)8-13-9-15(27)11-20-21(13)24(18-7-6-14(26)10-19(18)30-20)17-5-3-2-4-16(17)23(29)31-24/h2-11,26-27H,1H3,(H2,25,28)/b12-8+. The van der Waals surface area contributed by atoms with E-state index in [2.05, 4.69) is 0 Å². The smallest absolute Gasteiger partial charge is 0.340 e. The predicted octanol–water partition coefficient (Wildman–Crippen LogP) is 3.55. The normalized spacial score (nSPS) is 18.6. The van der Waals surface area contributed by atoms with Gasteiger partial charge < -0.3 is 25.4 Å². The quantitative estimate of drug-likeness (QED) is 0.435. The molecule has 1 amide bonds. The van der Waals surface area contributed by atoms with Crippen molar-refractivity contribution >= 4 is 18.0 Å². The highest BCUT2D eigenvalue weighted by Crippen LogP contribution is 2.58. The summed E-state index contributed by atoms with van der Waals surface area (Å²) in [6.45, 7) is 1.55. The van der Waals surface area contributed by atoms with Gasteiger partial charge in [-0.25, -0.2) is 4.79 Å². The van der Waals surface area contributed by atoms with Gasteiger partial charge in [-0.1, -0.05) is 18.2 Å². The van der Waals surface area contributed by atoms with E-state index in [1.54, 1.807) is 37.3 Å². The van der Waals surface area contributed by atoms with Crippen LogP contribution in [0, 0.1) is 0 Å². The van der Waals surface area contributed by atoms with E-state index in [9.17, 15) is 19.8 Å². The van der Waals surface area contributed by atoms with Crippen LogP contribution in [0.25, 0.3) is 6.08 Å². The van der Waals surface area contributed by atoms with Crippen molar-refractivity contribution in [3.63, 3.8) is 0 Å². The molecular weight excluding hydrogens is 398 g/mol. The molecule has 2 aliphatic heterocycles. The second-order valence-corrected chi connectivity index (χ2v) is 7.50. The maximum atomic E-state index is 12.9. The molecule has 0 fully saturated rings. The van der Waals surface area contributed by atoms with Crippen molar-refractivity contribution in [3.8, 4) is 23.0 Å². The van der Waals surface area contributed by atoms with Crippen molar-refractivity contribution in [1.29, 1.82) is 0 Å². The van der Waals surface area contributed by atoms with Crippen molar-refractivity contribution < 1.29 is 29.3 Å². The number of nitrogens with two attached hydrogens (primary N) is 1. The molecule has 7 heteroatoms. The van der Waals surface area contributed by atoms with Crippen LogP contribution in [-0.2, 0) is 15.1 Å². The number of hydrogen-bond acceptors (Lipinski definition) is 6. The molecule has 1 unspecified atom stereocenters. The first-order chi connectivity index (χ1) is 14.8. The third-order valence-electron chi connectivity index (χ3n) is 5.57. The highest BCUT2D eigenvalue weighted by Gasteiger charge is 2.54. The first-order valence-corrected chi connectivity index (χ1v) is 9.51. The van der Waals surface area contributed by atoms with Gasteiger partial charge in [0.05, 0.1) is 11.1 Å². The highest BCUT2D eigenvalue weighted by molar-refractivity contribution is 5.99. The van der Waals surface area contributed by atoms with Gasteiger partial charge in [0.15, 0.2) is 5.60 Å². The zero-order valence-electron chi connectivity index (χ0n) is 16.4. The molecule has 0 radical (unpaired) electrons. The summed E-state index contributed by atoms with van der Waals surface area (Å²) in [7, 11) is 0. The summed E-state index contributed by atoms with van der Waals surface area (Å²) in [5, 5.41) is 20.3. The molecular formula is C24H17NO6. The number of esters is 1. The van der Waals surface area contributed by atoms with Crippen LogP contribution in [0.15, 0.2) is 60.2 Å². The van der Waals surface area contributed by atoms with Gasteiger partial charge >= 0.3 is 5.97 Å². The van der Waals surface area contributed by atoms with Crippen molar-refractivity contribution in [2.45, 2.75) is 12.5 Å². The van der Waals surface area contributed by atoms with E-state index in [0.717, 1.165) is 0 Å². The molecule has 5 rings (SSSR count). The van der Waals surface area contributed by atoms with Gasteiger partial charge in [-0.3, -0.25) is 4.79 Å². The zero-order valence-corrected chi connectivity index (χ0v) is 16.4. The molecule has 31 heavy (non-hydrogen) atoms. The number of benzene rings is 3. The third-order valence-corrected chi connectivity index (χ3v) is 5.57. The van der Waals surface area contributed by atoms with Gasteiger partial charge in [0.25, 0.3) is 0 Å². The van der Waals surface area contributed by atoms with Gasteiger partial charge in [-0.15, -0.1) is 0 Å². The summed E-state index contributed by atoms with van der Waals surface area (Å²) in [5.41, 5.74) is 6.62. The Morgan fingerprint density at radius 3 is 2.52 bits per heavy atom. The maximum Gasteiger partial charge on any atom is 0.340 e. The summed E-state index contributed by atoms with van der Waals surface area (Å²) >= 11 is 0. The van der Waals surface area contributed by atoms with E-state index >= 15 is 0 Å². The number of amides is 1. The minimum absolute atomic E-state index is 0.0280. The highest BCUT2D eigenvalue weighted by atomic mass is 16.6. The van der Waals surface area contributed by atoms with Crippen LogP contribution >= 0.6 is 0 Å². The molecule has 1 atom stereocenters. The van der Waals surface area contributed by atoms with E-state index in [0.29, 0.717) is 27.8 Å². The van der Waals surface area contributed by atoms with Crippen molar-refractivity contribution in [2.24, 2.45) is 5.73 Å². The molecule has 0 aliphatic carbocycles. The first kappa shape index (κ1) is 18.7. The van der Waals surface area contributed by atoms with E-state index in [1.165, 1.54) is 30.3 Å². The molecule has 2 aliphatic rings. The number of hydrogen-bond donors (Lipinski definition) is 3. The van der Waals surface area contributed by atoms with E-state index < -0.39 is 17.5 Å². The molecule has 0 saturated carbocycles. The molecule has 0 bridgehead atoms. The second-order valence-electron chi connectivity index (χ2n) is 7.50. The average molecular weight is 415 g/mol. The number of phenols is 2. The van der Waals surface area contributed by atoms with Crippen LogP contribution in [0.4, 0.5) is 0 Å². The minimum Gasteiger partial charge on any atom is -0.508 e. The predicted molar refractivity (Wildman–Crippen MR) is 111 cm³/mol. The van der Waals surface area contributed by atoms with Gasteiger partial charge in [0, 0.05) is 28.8 Å². The average Bonchev–Trinajstić information content (AvgIpc) is 3.00. The number of ether oxygens (including phenoxy) is 2. The zero-order chi connectivity index (χ0) is 21.9. The molecule has 3 aromatic carbocycles. The van der Waals surface area contributed by atoms with Crippen LogP contribution in [0.1, 0.15) is 39.5 Å². The molecule has 7 nitrogen and oxygen atoms in total. The summed E-state index contributed by atoms with van der Waals surface area (Å²) in [5.74, 6) is -0.775. The molecule has 4 N–H and O–H groups in total. The Balaban J connectivity index is 1.92. The van der Waals surface area contributed by atoms with Gasteiger partial charge in [0.2, 0.25) is 5.91 Å². The summed E-state index contributed by atoms with van der Waals surface area (Å²) < 4.78 is 12.1. The number of fused-ring (bicyclic) bond motifs is 6. The monoisotopic (exact) mass is 415 g/mol. The summed E-state index contributed by atoms with van der Waals surface area (Å²) in [6, 6.07) is 14.4. The number of rotatable bonds is 2. The van der Waals surface area contributed by atoms with E-state index in [4.69, 9.17) is 15.2 Å². The van der Waals surface area contributed by atoms with Crippen molar-refractivity contribution in [1.82, 2.24) is 0 Å². The Bertz CT molecular complexity index is 1330. The number of carbonyl (C=O) groups excluding carboxylic acids is 2. The lowest BCUT2D eigenvalue weighted by atomic mass is 9.75. The third kappa shape index (κ3) is 2.60. The topological polar surface area (TPSA) is 119 Å². The van der Waals surface area contributed by atoms with Gasteiger partial charge in [-0.2, -0.15) is 0 Å². The Morgan fingerprint density at radius 2 is 1.74 bits per heavy atom. The summed E-state index contributed by atoms with van der Waals surface area (Å²) in [6.07, 6.45) is 1.52. The van der Waals surface area contributed by atoms with Crippen LogP contribution in [0.3, 0.4) is 0 Å². The van der Waals surface area contributed by atoms with Crippen LogP contribution in [0.2, 0.25) is 0 Å². The Morgan fingerprint density at radius 1 is 1.00 bits per heavy atom. The number of primary amides is 1. The fourth-order valence-electron chi connectivity index (χ4n) is 4.24. The number of aromatic hydroxyl groups is 2. The lowest BCUT2D eigenvalue weighted by molar-refractivity contribution is -0.114. The Labute approximate surface area is 177 Å². The van der Waals surface area contributed by atoms with Crippen molar-refractivity contribution in [3.05, 3.63) is 88.0 Å². The number of carbonyl (C=O) groups is 2. The molecule has 2 heterocycles. The maximum absolute atomic E-state index is 12.9. The molecule has 154 valence electrons. The minimum atomic E-state index is -1.40. The molecule has 0 aromatic heterocycles. The van der Waals surface area contributed by atoms with Crippen LogP contribution in [-0.4, -0.2) is 22.1 Å². The van der Waals surface area contributed by atoms with Crippen LogP contribution < -0.4 is 10.5 Å². The van der Waals surface area contributed by atoms with Crippen molar-refractivity contribution in [2.75, 3.05) is 0 Å². The lowest BCUT2D eigenvalue weighted by Gasteiger charge is -2.37. The fraction of sp³-hybridized carbons (Fsp3) is 0.0833. The SMILES string of the molecule is C/C(=C\c1cc(O)cc2c1C1(OC(=O)c3ccccc31)c1ccc(O)cc1O2)C(N)=O. The van der Waals surface area contributed by atoms with E-state index in [1.807, 2.05) is 0 Å². The number of phenolic OH excluding ortho intramolecular Hbond substituents is 2. The second kappa shape index (κ2) is 6.37. The summed E-state index contributed by atoms with van der Waals surface area (Å²) in [4.78, 5) is 24.6. The first-order valence-electron chi connectivity index (χ1n) is 9.51. The van der Waals surface area contributed by atoms with Crippen LogP contribution in [0.5, 0.6) is 23.0 Å². The van der Waals surface area contributed by atoms with E-state index in [-0.39, 0.29) is 28.6 Å². The fourth-order valence-corrected chi connectivity index (χ4v) is 4.24. The largest absolute Gasteiger partial charge is 0.508 e. The molecule has 1 spiro atoms.